The minimum atomic E-state index is -0.771. The molecule has 6 heteroatoms. The molecule has 0 amide bonds. The minimum Gasteiger partial charge on any atom is -0.491 e. The minimum absolute atomic E-state index is 0.108. The summed E-state index contributed by atoms with van der Waals surface area (Å²) in [6.45, 7) is 0.268. The van der Waals surface area contributed by atoms with Crippen LogP contribution in [0.2, 0.25) is 5.02 Å². The molecule has 2 N–H and O–H groups in total. The van der Waals surface area contributed by atoms with Gasteiger partial charge < -0.3 is 15.2 Å². The van der Waals surface area contributed by atoms with E-state index in [9.17, 15) is 9.50 Å². The summed E-state index contributed by atoms with van der Waals surface area (Å²) >= 11 is 9.12. The first-order valence-electron chi connectivity index (χ1n) is 6.30. The number of nitrogens with one attached hydrogen (secondary N) is 1. The molecule has 0 saturated heterocycles. The molecule has 0 fully saturated rings. The summed E-state index contributed by atoms with van der Waals surface area (Å²) in [5, 5.41) is 13.1. The smallest absolute Gasteiger partial charge is 0.146 e. The summed E-state index contributed by atoms with van der Waals surface area (Å²) in [5.74, 6) is 0.242. The van der Waals surface area contributed by atoms with Crippen LogP contribution in [0.4, 0.5) is 10.1 Å². The molecule has 2 aromatic carbocycles. The van der Waals surface area contributed by atoms with Crippen LogP contribution in [0.3, 0.4) is 0 Å². The first-order valence-corrected chi connectivity index (χ1v) is 7.47. The fourth-order valence-electron chi connectivity index (χ4n) is 1.64. The van der Waals surface area contributed by atoms with E-state index in [0.29, 0.717) is 10.8 Å². The first kappa shape index (κ1) is 16.1. The van der Waals surface area contributed by atoms with Gasteiger partial charge in [0.15, 0.2) is 0 Å². The Hall–Kier alpha value is -1.30. The Bertz CT molecular complexity index is 595. The molecule has 0 bridgehead atoms. The molecule has 21 heavy (non-hydrogen) atoms. The highest BCUT2D eigenvalue weighted by atomic mass is 79.9. The monoisotopic (exact) mass is 373 g/mol. The average Bonchev–Trinajstić information content (AvgIpc) is 2.47. The van der Waals surface area contributed by atoms with Gasteiger partial charge in [0.25, 0.3) is 0 Å². The maximum atomic E-state index is 13.5. The summed E-state index contributed by atoms with van der Waals surface area (Å²) in [4.78, 5) is 0. The summed E-state index contributed by atoms with van der Waals surface area (Å²) in [6.07, 6.45) is -0.771. The molecule has 3 nitrogen and oxygen atoms in total. The molecule has 1 atom stereocenters. The number of hydrogen-bond acceptors (Lipinski definition) is 3. The van der Waals surface area contributed by atoms with Gasteiger partial charge in [-0.05, 0) is 42.5 Å². The molecule has 0 aliphatic heterocycles. The average molecular weight is 375 g/mol. The van der Waals surface area contributed by atoms with E-state index >= 15 is 0 Å². The topological polar surface area (TPSA) is 41.5 Å². The maximum absolute atomic E-state index is 13.5. The van der Waals surface area contributed by atoms with Crippen LogP contribution in [0.1, 0.15) is 0 Å². The van der Waals surface area contributed by atoms with Crippen molar-refractivity contribution in [2.45, 2.75) is 6.10 Å². The zero-order valence-corrected chi connectivity index (χ0v) is 13.4. The number of ether oxygens (including phenoxy) is 1. The molecule has 0 radical (unpaired) electrons. The van der Waals surface area contributed by atoms with Crippen molar-refractivity contribution in [3.63, 3.8) is 0 Å². The summed E-state index contributed by atoms with van der Waals surface area (Å²) in [6, 6.07) is 11.5. The van der Waals surface area contributed by atoms with Gasteiger partial charge in [-0.2, -0.15) is 0 Å². The van der Waals surface area contributed by atoms with Gasteiger partial charge in [0, 0.05) is 16.0 Å². The Balaban J connectivity index is 1.80. The van der Waals surface area contributed by atoms with Crippen LogP contribution < -0.4 is 10.1 Å². The molecule has 0 heterocycles. The van der Waals surface area contributed by atoms with Crippen molar-refractivity contribution >= 4 is 33.2 Å². The van der Waals surface area contributed by atoms with Crippen molar-refractivity contribution in [3.05, 3.63) is 57.8 Å². The van der Waals surface area contributed by atoms with Crippen molar-refractivity contribution in [2.24, 2.45) is 0 Å². The predicted molar refractivity (Wildman–Crippen MR) is 85.5 cm³/mol. The normalized spacial score (nSPS) is 12.0. The van der Waals surface area contributed by atoms with E-state index in [1.54, 1.807) is 12.1 Å². The largest absolute Gasteiger partial charge is 0.491 e. The van der Waals surface area contributed by atoms with E-state index in [1.807, 2.05) is 12.1 Å². The molecule has 1 unspecified atom stereocenters. The fourth-order valence-corrected chi connectivity index (χ4v) is 2.08. The lowest BCUT2D eigenvalue weighted by molar-refractivity contribution is 0.117. The van der Waals surface area contributed by atoms with Gasteiger partial charge >= 0.3 is 0 Å². The first-order chi connectivity index (χ1) is 10.0. The fraction of sp³-hybridized carbons (Fsp3) is 0.200. The lowest BCUT2D eigenvalue weighted by atomic mass is 10.3. The Morgan fingerprint density at radius 2 is 1.95 bits per heavy atom. The second-order valence-electron chi connectivity index (χ2n) is 4.42. The summed E-state index contributed by atoms with van der Waals surface area (Å²) in [5.41, 5.74) is 0.255. The molecule has 112 valence electrons. The third kappa shape index (κ3) is 5.19. The van der Waals surface area contributed by atoms with Gasteiger partial charge in [-0.15, -0.1) is 0 Å². The van der Waals surface area contributed by atoms with E-state index in [2.05, 4.69) is 21.2 Å². The lowest BCUT2D eigenvalue weighted by Gasteiger charge is -2.14. The van der Waals surface area contributed by atoms with Crippen molar-refractivity contribution in [3.8, 4) is 5.75 Å². The highest BCUT2D eigenvalue weighted by molar-refractivity contribution is 9.10. The van der Waals surface area contributed by atoms with Crippen LogP contribution in [0.25, 0.3) is 0 Å². The Labute approximate surface area is 135 Å². The third-order valence-corrected chi connectivity index (χ3v) is 3.48. The zero-order valence-electron chi connectivity index (χ0n) is 11.0. The van der Waals surface area contributed by atoms with Gasteiger partial charge in [0.2, 0.25) is 0 Å². The summed E-state index contributed by atoms with van der Waals surface area (Å²) in [7, 11) is 0. The number of rotatable bonds is 6. The van der Waals surface area contributed by atoms with Crippen LogP contribution in [0, 0.1) is 5.82 Å². The SMILES string of the molecule is OC(CNc1cc(Cl)ccc1F)COc1ccc(Br)cc1. The van der Waals surface area contributed by atoms with Gasteiger partial charge in [0.05, 0.1) is 5.69 Å². The number of aliphatic hydroxyl groups is 1. The third-order valence-electron chi connectivity index (χ3n) is 2.71. The van der Waals surface area contributed by atoms with Crippen molar-refractivity contribution in [1.29, 1.82) is 0 Å². The van der Waals surface area contributed by atoms with Crippen molar-refractivity contribution in [1.82, 2.24) is 0 Å². The molecule has 0 aliphatic rings. The van der Waals surface area contributed by atoms with E-state index in [4.69, 9.17) is 16.3 Å². The molecular formula is C15H14BrClFNO2. The molecule has 0 saturated carbocycles. The number of hydrogen-bond donors (Lipinski definition) is 2. The molecule has 2 aromatic rings. The number of benzene rings is 2. The molecular weight excluding hydrogens is 361 g/mol. The zero-order chi connectivity index (χ0) is 15.2. The van der Waals surface area contributed by atoms with Gasteiger partial charge in [-0.1, -0.05) is 27.5 Å². The highest BCUT2D eigenvalue weighted by Crippen LogP contribution is 2.19. The molecule has 0 aromatic heterocycles. The number of anilines is 1. The second kappa shape index (κ2) is 7.64. The standard InChI is InChI=1S/C15H14BrClFNO2/c16-10-1-4-13(5-2-10)21-9-12(20)8-19-15-7-11(17)3-6-14(15)18/h1-7,12,19-20H,8-9H2. The number of halogens is 3. The molecule has 2 rings (SSSR count). The van der Waals surface area contributed by atoms with E-state index < -0.39 is 11.9 Å². The van der Waals surface area contributed by atoms with Crippen LogP contribution in [-0.4, -0.2) is 24.4 Å². The highest BCUT2D eigenvalue weighted by Gasteiger charge is 2.08. The van der Waals surface area contributed by atoms with Gasteiger partial charge in [-0.25, -0.2) is 4.39 Å². The molecule has 0 spiro atoms. The van der Waals surface area contributed by atoms with E-state index in [-0.39, 0.29) is 18.8 Å². The van der Waals surface area contributed by atoms with E-state index in [0.717, 1.165) is 4.47 Å². The van der Waals surface area contributed by atoms with Gasteiger partial charge in [-0.3, -0.25) is 0 Å². The van der Waals surface area contributed by atoms with Crippen LogP contribution >= 0.6 is 27.5 Å². The van der Waals surface area contributed by atoms with Crippen LogP contribution in [0.15, 0.2) is 46.9 Å². The Kier molecular flexibility index (Phi) is 5.85. The quantitative estimate of drug-likeness (QED) is 0.800. The van der Waals surface area contributed by atoms with E-state index in [1.165, 1.54) is 18.2 Å². The van der Waals surface area contributed by atoms with Crippen molar-refractivity contribution in [2.75, 3.05) is 18.5 Å². The van der Waals surface area contributed by atoms with Crippen LogP contribution in [0.5, 0.6) is 5.75 Å². The molecule has 0 aliphatic carbocycles. The Morgan fingerprint density at radius 1 is 1.24 bits per heavy atom. The Morgan fingerprint density at radius 3 is 2.67 bits per heavy atom. The predicted octanol–water partition coefficient (Wildman–Crippen LogP) is 4.09. The second-order valence-corrected chi connectivity index (χ2v) is 5.78. The van der Waals surface area contributed by atoms with Crippen molar-refractivity contribution < 1.29 is 14.2 Å². The van der Waals surface area contributed by atoms with Crippen LogP contribution in [-0.2, 0) is 0 Å². The maximum Gasteiger partial charge on any atom is 0.146 e. The summed E-state index contributed by atoms with van der Waals surface area (Å²) < 4.78 is 19.9. The van der Waals surface area contributed by atoms with Gasteiger partial charge in [0.1, 0.15) is 24.3 Å². The lowest BCUT2D eigenvalue weighted by Crippen LogP contribution is -2.26. The number of aliphatic hydroxyl groups excluding tert-OH is 1.